The van der Waals surface area contributed by atoms with Crippen molar-refractivity contribution in [3.05, 3.63) is 48.5 Å². The van der Waals surface area contributed by atoms with E-state index >= 15 is 0 Å². The van der Waals surface area contributed by atoms with Gasteiger partial charge in [0.05, 0.1) is 17.1 Å². The topological polar surface area (TPSA) is 90.4 Å². The van der Waals surface area contributed by atoms with E-state index in [1.54, 1.807) is 23.1 Å². The Morgan fingerprint density at radius 1 is 1.17 bits per heavy atom. The molecule has 156 valence electrons. The Labute approximate surface area is 176 Å². The second kappa shape index (κ2) is 8.28. The molecule has 1 aliphatic rings. The van der Waals surface area contributed by atoms with Crippen molar-refractivity contribution < 1.29 is 9.90 Å². The van der Waals surface area contributed by atoms with Gasteiger partial charge in [0, 0.05) is 31.1 Å². The van der Waals surface area contributed by atoms with Crippen molar-refractivity contribution in [1.29, 1.82) is 0 Å². The van der Waals surface area contributed by atoms with E-state index in [2.05, 4.69) is 15.6 Å². The number of hydrogen-bond acceptors (Lipinski definition) is 6. The lowest BCUT2D eigenvalue weighted by Crippen LogP contribution is -2.44. The summed E-state index contributed by atoms with van der Waals surface area (Å²) in [5.41, 5.74) is 1.38. The molecule has 0 aliphatic carbocycles. The summed E-state index contributed by atoms with van der Waals surface area (Å²) < 4.78 is 0. The first kappa shape index (κ1) is 20.1. The number of rotatable bonds is 5. The number of amides is 1. The number of nitrogens with zero attached hydrogens (tertiary/aromatic N) is 3. The van der Waals surface area contributed by atoms with E-state index in [1.165, 1.54) is 0 Å². The molecule has 1 aromatic heterocycles. The smallest absolute Gasteiger partial charge is 0.239 e. The molecule has 3 aromatic rings. The molecule has 7 nitrogen and oxygen atoms in total. The first-order valence-corrected chi connectivity index (χ1v) is 10.3. The maximum Gasteiger partial charge on any atom is 0.239 e. The van der Waals surface area contributed by atoms with E-state index in [1.807, 2.05) is 51.2 Å². The summed E-state index contributed by atoms with van der Waals surface area (Å²) in [5.74, 6) is 1.42. The highest BCUT2D eigenvalue weighted by Gasteiger charge is 2.32. The van der Waals surface area contributed by atoms with Crippen molar-refractivity contribution in [3.8, 4) is 17.1 Å². The number of phenols is 1. The summed E-state index contributed by atoms with van der Waals surface area (Å²) in [6.45, 7) is 4.69. The number of hydrogen-bond donors (Lipinski definition) is 3. The first-order valence-electron chi connectivity index (χ1n) is 10.3. The number of likely N-dealkylation sites (N-methyl/N-ethyl adjacent to an activating group) is 1. The summed E-state index contributed by atoms with van der Waals surface area (Å²) in [6.07, 6.45) is 0.681. The van der Waals surface area contributed by atoms with Crippen LogP contribution in [-0.4, -0.2) is 57.6 Å². The fourth-order valence-corrected chi connectivity index (χ4v) is 3.70. The van der Waals surface area contributed by atoms with E-state index in [9.17, 15) is 9.90 Å². The molecule has 7 heteroatoms. The Morgan fingerprint density at radius 2 is 1.90 bits per heavy atom. The van der Waals surface area contributed by atoms with Crippen LogP contribution >= 0.6 is 0 Å². The van der Waals surface area contributed by atoms with Gasteiger partial charge in [-0.2, -0.15) is 0 Å². The number of anilines is 1. The Balaban J connectivity index is 1.62. The number of nitrogens with one attached hydrogen (secondary N) is 2. The highest BCUT2D eigenvalue weighted by molar-refractivity contribution is 5.91. The van der Waals surface area contributed by atoms with E-state index in [0.717, 1.165) is 10.9 Å². The third-order valence-electron chi connectivity index (χ3n) is 5.64. The first-order chi connectivity index (χ1) is 14.4. The van der Waals surface area contributed by atoms with Crippen molar-refractivity contribution in [2.75, 3.05) is 18.9 Å². The normalized spacial score (nSPS) is 18.7. The molecule has 1 amide bonds. The van der Waals surface area contributed by atoms with Crippen LogP contribution in [0.2, 0.25) is 0 Å². The lowest BCUT2D eigenvalue weighted by Gasteiger charge is -2.24. The Kier molecular flexibility index (Phi) is 5.55. The van der Waals surface area contributed by atoms with Crippen LogP contribution in [0.15, 0.2) is 48.5 Å². The number of aromatic hydroxyl groups is 1. The van der Waals surface area contributed by atoms with E-state index in [-0.39, 0.29) is 29.8 Å². The summed E-state index contributed by atoms with van der Waals surface area (Å²) in [7, 11) is 1.84. The van der Waals surface area contributed by atoms with Gasteiger partial charge in [-0.25, -0.2) is 9.97 Å². The minimum atomic E-state index is -0.208. The minimum absolute atomic E-state index is 0.0649. The molecule has 30 heavy (non-hydrogen) atoms. The summed E-state index contributed by atoms with van der Waals surface area (Å²) >= 11 is 0. The van der Waals surface area contributed by atoms with E-state index < -0.39 is 0 Å². The van der Waals surface area contributed by atoms with E-state index in [4.69, 9.17) is 4.98 Å². The number of carbonyl (C=O) groups excluding carboxylic acids is 1. The summed E-state index contributed by atoms with van der Waals surface area (Å²) in [5, 5.41) is 18.0. The maximum absolute atomic E-state index is 12.7. The number of fused-ring (bicyclic) bond motifs is 1. The Bertz CT molecular complexity index is 1070. The van der Waals surface area contributed by atoms with Gasteiger partial charge in [0.15, 0.2) is 5.82 Å². The van der Waals surface area contributed by atoms with Gasteiger partial charge in [-0.1, -0.05) is 24.3 Å². The number of carbonyl (C=O) groups is 1. The SMILES string of the molecule is CC(C)N(C)C(=O)[C@H]1CC(Nc2nc(-c3ccccc3O)nc3ccccc23)CN1. The lowest BCUT2D eigenvalue weighted by atomic mass is 10.1. The highest BCUT2D eigenvalue weighted by atomic mass is 16.3. The van der Waals surface area contributed by atoms with Crippen LogP contribution < -0.4 is 10.6 Å². The standard InChI is InChI=1S/C23H27N5O2/c1-14(2)28(3)23(30)19-12-15(13-24-19)25-21-16-8-4-6-10-18(16)26-22(27-21)17-9-5-7-11-20(17)29/h4-11,14-15,19,24,29H,12-13H2,1-3H3,(H,25,26,27)/t15?,19-/m1/s1. The molecule has 0 saturated carbocycles. The summed E-state index contributed by atoms with van der Waals surface area (Å²) in [4.78, 5) is 23.8. The van der Waals surface area contributed by atoms with Crippen molar-refractivity contribution >= 4 is 22.6 Å². The minimum Gasteiger partial charge on any atom is -0.507 e. The van der Waals surface area contributed by atoms with Crippen molar-refractivity contribution in [2.24, 2.45) is 0 Å². The van der Waals surface area contributed by atoms with Gasteiger partial charge >= 0.3 is 0 Å². The molecule has 4 rings (SSSR count). The van der Waals surface area contributed by atoms with Crippen LogP contribution in [0.5, 0.6) is 5.75 Å². The van der Waals surface area contributed by atoms with Gasteiger partial charge in [-0.3, -0.25) is 4.79 Å². The average molecular weight is 406 g/mol. The van der Waals surface area contributed by atoms with Crippen LogP contribution in [0.1, 0.15) is 20.3 Å². The predicted molar refractivity (Wildman–Crippen MR) is 118 cm³/mol. The maximum atomic E-state index is 12.7. The average Bonchev–Trinajstić information content (AvgIpc) is 3.21. The van der Waals surface area contributed by atoms with E-state index in [0.29, 0.717) is 30.2 Å². The quantitative estimate of drug-likeness (QED) is 0.605. The number of phenolic OH excluding ortho intramolecular Hbond substituents is 1. The molecule has 2 heterocycles. The van der Waals surface area contributed by atoms with Crippen LogP contribution in [0.4, 0.5) is 5.82 Å². The third-order valence-corrected chi connectivity index (χ3v) is 5.64. The predicted octanol–water partition coefficient (Wildman–Crippen LogP) is 3.01. The Morgan fingerprint density at radius 3 is 2.67 bits per heavy atom. The molecule has 1 fully saturated rings. The van der Waals surface area contributed by atoms with Crippen LogP contribution in [0.3, 0.4) is 0 Å². The van der Waals surface area contributed by atoms with Crippen LogP contribution in [0.25, 0.3) is 22.3 Å². The van der Waals surface area contributed by atoms with Crippen LogP contribution in [-0.2, 0) is 4.79 Å². The molecule has 0 radical (unpaired) electrons. The molecular weight excluding hydrogens is 378 g/mol. The van der Waals surface area contributed by atoms with Crippen LogP contribution in [0, 0.1) is 0 Å². The highest BCUT2D eigenvalue weighted by Crippen LogP contribution is 2.30. The number of benzene rings is 2. The zero-order chi connectivity index (χ0) is 21.3. The summed E-state index contributed by atoms with van der Waals surface area (Å²) in [6, 6.07) is 14.9. The molecule has 1 aliphatic heterocycles. The monoisotopic (exact) mass is 405 g/mol. The molecule has 3 N–H and O–H groups in total. The van der Waals surface area contributed by atoms with Crippen molar-refractivity contribution in [1.82, 2.24) is 20.2 Å². The van der Waals surface area contributed by atoms with Gasteiger partial charge in [0.2, 0.25) is 5.91 Å². The zero-order valence-corrected chi connectivity index (χ0v) is 17.5. The molecule has 1 unspecified atom stereocenters. The molecule has 0 bridgehead atoms. The molecule has 1 saturated heterocycles. The second-order valence-corrected chi connectivity index (χ2v) is 8.01. The molecule has 2 aromatic carbocycles. The van der Waals surface area contributed by atoms with Gasteiger partial charge in [0.1, 0.15) is 11.6 Å². The van der Waals surface area contributed by atoms with Crippen molar-refractivity contribution in [2.45, 2.75) is 38.4 Å². The lowest BCUT2D eigenvalue weighted by molar-refractivity contribution is -0.133. The van der Waals surface area contributed by atoms with Gasteiger partial charge in [-0.05, 0) is 44.5 Å². The van der Waals surface area contributed by atoms with Crippen molar-refractivity contribution in [3.63, 3.8) is 0 Å². The largest absolute Gasteiger partial charge is 0.507 e. The molecule has 2 atom stereocenters. The van der Waals surface area contributed by atoms with Gasteiger partial charge in [0.25, 0.3) is 0 Å². The fraction of sp³-hybridized carbons (Fsp3) is 0.348. The number of aromatic nitrogens is 2. The number of para-hydroxylation sites is 2. The zero-order valence-electron chi connectivity index (χ0n) is 17.5. The fourth-order valence-electron chi connectivity index (χ4n) is 3.70. The second-order valence-electron chi connectivity index (χ2n) is 8.01. The Hall–Kier alpha value is -3.19. The molecule has 0 spiro atoms. The van der Waals surface area contributed by atoms with Gasteiger partial charge < -0.3 is 20.6 Å². The van der Waals surface area contributed by atoms with Gasteiger partial charge in [-0.15, -0.1) is 0 Å². The molecular formula is C23H27N5O2. The third kappa shape index (κ3) is 3.93.